The Kier molecular flexibility index (Phi) is 4.06. The van der Waals surface area contributed by atoms with E-state index in [0.717, 1.165) is 25.7 Å². The largest absolute Gasteiger partial charge is 0.394 e. The summed E-state index contributed by atoms with van der Waals surface area (Å²) in [6, 6.07) is 6.29. The molecule has 1 aromatic carbocycles. The number of benzene rings is 1. The van der Waals surface area contributed by atoms with Gasteiger partial charge >= 0.3 is 0 Å². The molecule has 1 aliphatic carbocycles. The second-order valence-corrected chi connectivity index (χ2v) is 5.55. The molecule has 0 bridgehead atoms. The van der Waals surface area contributed by atoms with Gasteiger partial charge in [0.15, 0.2) is 0 Å². The zero-order valence-electron chi connectivity index (χ0n) is 11.1. The van der Waals surface area contributed by atoms with Crippen LogP contribution in [0.3, 0.4) is 0 Å². The summed E-state index contributed by atoms with van der Waals surface area (Å²) in [5.74, 6) is 0.220. The van der Waals surface area contributed by atoms with Crippen LogP contribution in [0.5, 0.6) is 0 Å². The fourth-order valence-corrected chi connectivity index (χ4v) is 2.61. The highest BCUT2D eigenvalue weighted by atomic mass is 19.1. The van der Waals surface area contributed by atoms with E-state index in [1.165, 1.54) is 6.07 Å². The van der Waals surface area contributed by atoms with Gasteiger partial charge in [-0.2, -0.15) is 5.26 Å². The molecule has 1 aliphatic rings. The minimum absolute atomic E-state index is 0.000832. The highest BCUT2D eigenvalue weighted by Gasteiger charge is 2.34. The van der Waals surface area contributed by atoms with Crippen LogP contribution in [-0.4, -0.2) is 17.3 Å². The molecular formula is C15H19FN2O. The van der Waals surface area contributed by atoms with E-state index in [-0.39, 0.29) is 6.61 Å². The number of halogens is 1. The third-order valence-electron chi connectivity index (χ3n) is 4.03. The van der Waals surface area contributed by atoms with E-state index in [4.69, 9.17) is 5.26 Å². The topological polar surface area (TPSA) is 56.0 Å². The van der Waals surface area contributed by atoms with Crippen molar-refractivity contribution in [1.82, 2.24) is 0 Å². The number of hydrogen-bond donors (Lipinski definition) is 2. The van der Waals surface area contributed by atoms with Gasteiger partial charge in [-0.15, -0.1) is 0 Å². The van der Waals surface area contributed by atoms with E-state index >= 15 is 0 Å². The van der Waals surface area contributed by atoms with Crippen molar-refractivity contribution in [2.45, 2.75) is 38.1 Å². The first-order chi connectivity index (χ1) is 9.08. The Morgan fingerprint density at radius 2 is 2.16 bits per heavy atom. The van der Waals surface area contributed by atoms with E-state index in [9.17, 15) is 9.50 Å². The van der Waals surface area contributed by atoms with E-state index in [2.05, 4.69) is 12.2 Å². The van der Waals surface area contributed by atoms with Gasteiger partial charge in [-0.05, 0) is 49.8 Å². The summed E-state index contributed by atoms with van der Waals surface area (Å²) >= 11 is 0. The van der Waals surface area contributed by atoms with Gasteiger partial charge < -0.3 is 10.4 Å². The van der Waals surface area contributed by atoms with E-state index in [0.29, 0.717) is 17.2 Å². The van der Waals surface area contributed by atoms with Gasteiger partial charge in [-0.25, -0.2) is 4.39 Å². The van der Waals surface area contributed by atoms with Gasteiger partial charge in [0.05, 0.1) is 29.5 Å². The average molecular weight is 262 g/mol. The smallest absolute Gasteiger partial charge is 0.147 e. The predicted molar refractivity (Wildman–Crippen MR) is 72.2 cm³/mol. The first kappa shape index (κ1) is 13.8. The Labute approximate surface area is 113 Å². The summed E-state index contributed by atoms with van der Waals surface area (Å²) in [6.45, 7) is 2.20. The lowest BCUT2D eigenvalue weighted by molar-refractivity contribution is 0.155. The maximum atomic E-state index is 13.9. The molecule has 1 saturated carbocycles. The third-order valence-corrected chi connectivity index (χ3v) is 4.03. The number of hydrogen-bond acceptors (Lipinski definition) is 3. The number of aliphatic hydroxyl groups excluding tert-OH is 1. The van der Waals surface area contributed by atoms with Crippen LogP contribution in [0.4, 0.5) is 10.1 Å². The molecular weight excluding hydrogens is 243 g/mol. The van der Waals surface area contributed by atoms with Crippen molar-refractivity contribution in [3.63, 3.8) is 0 Å². The van der Waals surface area contributed by atoms with Crippen LogP contribution in [0.2, 0.25) is 0 Å². The molecule has 0 heterocycles. The lowest BCUT2D eigenvalue weighted by Crippen LogP contribution is -2.45. The Bertz CT molecular complexity index is 487. The average Bonchev–Trinajstić information content (AvgIpc) is 2.44. The molecule has 0 radical (unpaired) electrons. The molecule has 0 atom stereocenters. The summed E-state index contributed by atoms with van der Waals surface area (Å²) in [5, 5.41) is 21.5. The van der Waals surface area contributed by atoms with Crippen molar-refractivity contribution in [3.05, 3.63) is 29.6 Å². The van der Waals surface area contributed by atoms with Crippen LogP contribution in [0.15, 0.2) is 18.2 Å². The molecule has 4 heteroatoms. The number of rotatable bonds is 3. The molecule has 0 amide bonds. The van der Waals surface area contributed by atoms with Gasteiger partial charge in [0, 0.05) is 0 Å². The van der Waals surface area contributed by atoms with Crippen LogP contribution in [0, 0.1) is 23.1 Å². The molecule has 2 N–H and O–H groups in total. The zero-order valence-corrected chi connectivity index (χ0v) is 11.1. The molecule has 0 saturated heterocycles. The van der Waals surface area contributed by atoms with Crippen molar-refractivity contribution in [3.8, 4) is 6.07 Å². The lowest BCUT2D eigenvalue weighted by Gasteiger charge is -2.39. The van der Waals surface area contributed by atoms with Crippen molar-refractivity contribution < 1.29 is 9.50 Å². The minimum Gasteiger partial charge on any atom is -0.394 e. The fraction of sp³-hybridized carbons (Fsp3) is 0.533. The monoisotopic (exact) mass is 262 g/mol. The molecule has 3 nitrogen and oxygen atoms in total. The number of nitrogens with one attached hydrogen (secondary N) is 1. The number of anilines is 1. The maximum absolute atomic E-state index is 13.9. The van der Waals surface area contributed by atoms with E-state index in [1.54, 1.807) is 12.1 Å². The van der Waals surface area contributed by atoms with Crippen molar-refractivity contribution in [2.75, 3.05) is 11.9 Å². The quantitative estimate of drug-likeness (QED) is 0.880. The summed E-state index contributed by atoms with van der Waals surface area (Å²) < 4.78 is 13.9. The Morgan fingerprint density at radius 1 is 1.47 bits per heavy atom. The first-order valence-corrected chi connectivity index (χ1v) is 6.67. The van der Waals surface area contributed by atoms with Gasteiger partial charge in [0.2, 0.25) is 0 Å². The molecule has 0 spiro atoms. The number of nitriles is 1. The molecule has 1 aromatic rings. The van der Waals surface area contributed by atoms with E-state index < -0.39 is 11.4 Å². The summed E-state index contributed by atoms with van der Waals surface area (Å²) in [7, 11) is 0. The van der Waals surface area contributed by atoms with Gasteiger partial charge in [0.25, 0.3) is 0 Å². The SMILES string of the molecule is CC1CCC(CO)(Nc2ccc(C#N)cc2F)CC1. The normalized spacial score (nSPS) is 26.7. The standard InChI is InChI=1S/C15H19FN2O/c1-11-4-6-15(10-19,7-5-11)18-14-3-2-12(9-17)8-13(14)16/h2-3,8,11,18-19H,4-7,10H2,1H3. The second-order valence-electron chi connectivity index (χ2n) is 5.55. The lowest BCUT2D eigenvalue weighted by atomic mass is 9.77. The first-order valence-electron chi connectivity index (χ1n) is 6.67. The zero-order chi connectivity index (χ0) is 13.9. The molecule has 1 fully saturated rings. The third kappa shape index (κ3) is 3.05. The van der Waals surface area contributed by atoms with Crippen molar-refractivity contribution in [1.29, 1.82) is 5.26 Å². The van der Waals surface area contributed by atoms with E-state index in [1.807, 2.05) is 6.07 Å². The molecule has 102 valence electrons. The van der Waals surface area contributed by atoms with Gasteiger partial charge in [-0.3, -0.25) is 0 Å². The summed E-state index contributed by atoms with van der Waals surface area (Å²) in [4.78, 5) is 0. The Hall–Kier alpha value is -1.60. The van der Waals surface area contributed by atoms with Gasteiger partial charge in [-0.1, -0.05) is 6.92 Å². The van der Waals surface area contributed by atoms with Crippen LogP contribution in [0.1, 0.15) is 38.2 Å². The van der Waals surface area contributed by atoms with Crippen LogP contribution >= 0.6 is 0 Å². The van der Waals surface area contributed by atoms with Gasteiger partial charge in [0.1, 0.15) is 5.82 Å². The molecule has 0 aliphatic heterocycles. The fourth-order valence-electron chi connectivity index (χ4n) is 2.61. The van der Waals surface area contributed by atoms with Crippen LogP contribution < -0.4 is 5.32 Å². The van der Waals surface area contributed by atoms with Crippen LogP contribution in [0.25, 0.3) is 0 Å². The second kappa shape index (κ2) is 5.58. The van der Waals surface area contributed by atoms with Crippen LogP contribution in [-0.2, 0) is 0 Å². The Balaban J connectivity index is 2.17. The van der Waals surface area contributed by atoms with Crippen molar-refractivity contribution in [2.24, 2.45) is 5.92 Å². The number of nitrogens with zero attached hydrogens (tertiary/aromatic N) is 1. The molecule has 19 heavy (non-hydrogen) atoms. The summed E-state index contributed by atoms with van der Waals surface area (Å²) in [6.07, 6.45) is 3.74. The molecule has 0 aromatic heterocycles. The minimum atomic E-state index is -0.439. The molecule has 2 rings (SSSR count). The predicted octanol–water partition coefficient (Wildman–Crippen LogP) is 3.05. The maximum Gasteiger partial charge on any atom is 0.147 e. The number of aliphatic hydroxyl groups is 1. The summed E-state index contributed by atoms with van der Waals surface area (Å²) in [5.41, 5.74) is 0.239. The highest BCUT2D eigenvalue weighted by molar-refractivity contribution is 5.50. The highest BCUT2D eigenvalue weighted by Crippen LogP contribution is 2.35. The Morgan fingerprint density at radius 3 is 2.68 bits per heavy atom. The molecule has 0 unspecified atom stereocenters. The van der Waals surface area contributed by atoms with Crippen molar-refractivity contribution >= 4 is 5.69 Å².